The van der Waals surface area contributed by atoms with Crippen LogP contribution in [0.3, 0.4) is 0 Å². The van der Waals surface area contributed by atoms with Crippen LogP contribution in [-0.2, 0) is 22.7 Å². The van der Waals surface area contributed by atoms with Gasteiger partial charge in [-0.05, 0) is 44.0 Å². The molecule has 2 aliphatic rings. The number of nitrogens with zero attached hydrogens (tertiary/aromatic N) is 2. The number of fused-ring (bicyclic) bond motifs is 3. The first-order valence-corrected chi connectivity index (χ1v) is 12.1. The number of anilines is 1. The number of halogens is 2. The SMILES string of the molecule is CC(=O)Nc1c2n(c3ccc(F)cc13)C[C@](C)(C(=O)NC1CCCC1)N(Cc1ccccc1F)C2=O. The second-order valence-electron chi connectivity index (χ2n) is 9.86. The molecule has 5 rings (SSSR count). The first-order valence-electron chi connectivity index (χ1n) is 12.1. The Bertz CT molecular complexity index is 1380. The van der Waals surface area contributed by atoms with Gasteiger partial charge in [0, 0.05) is 23.9 Å². The lowest BCUT2D eigenvalue weighted by Gasteiger charge is -2.44. The molecule has 0 radical (unpaired) electrons. The molecule has 9 heteroatoms. The molecule has 0 spiro atoms. The van der Waals surface area contributed by atoms with Crippen molar-refractivity contribution < 1.29 is 23.2 Å². The van der Waals surface area contributed by atoms with Crippen molar-refractivity contribution in [3.63, 3.8) is 0 Å². The van der Waals surface area contributed by atoms with Gasteiger partial charge in [-0.15, -0.1) is 0 Å². The Hall–Kier alpha value is -3.75. The summed E-state index contributed by atoms with van der Waals surface area (Å²) in [5.41, 5.74) is -0.258. The van der Waals surface area contributed by atoms with Gasteiger partial charge < -0.3 is 20.1 Å². The summed E-state index contributed by atoms with van der Waals surface area (Å²) in [5.74, 6) is -2.30. The van der Waals surface area contributed by atoms with Gasteiger partial charge >= 0.3 is 0 Å². The molecule has 1 atom stereocenters. The summed E-state index contributed by atoms with van der Waals surface area (Å²) in [6.07, 6.45) is 3.79. The molecule has 0 unspecified atom stereocenters. The molecule has 188 valence electrons. The standard InChI is InChI=1S/C27H28F2N4O3/c1-16(34)30-23-20-13-18(28)11-12-22(20)32-15-27(2,26(36)31-19-8-4-5-9-19)33(25(35)24(23)32)14-17-7-3-6-10-21(17)29/h3,6-7,10-13,19H,4-5,8-9,14-15H2,1-2H3,(H,30,34)(H,31,36)/t27-/m1/s1. The van der Waals surface area contributed by atoms with E-state index in [9.17, 15) is 23.2 Å². The van der Waals surface area contributed by atoms with Crippen LogP contribution >= 0.6 is 0 Å². The maximum Gasteiger partial charge on any atom is 0.273 e. The summed E-state index contributed by atoms with van der Waals surface area (Å²) in [6, 6.07) is 10.2. The highest BCUT2D eigenvalue weighted by Crippen LogP contribution is 2.40. The van der Waals surface area contributed by atoms with E-state index in [0.717, 1.165) is 25.7 Å². The molecule has 1 saturated carbocycles. The molecule has 2 N–H and O–H groups in total. The molecule has 1 aliphatic heterocycles. The molecule has 1 aliphatic carbocycles. The maximum absolute atomic E-state index is 14.7. The minimum atomic E-state index is -1.36. The number of amides is 3. The van der Waals surface area contributed by atoms with Crippen LogP contribution in [0.4, 0.5) is 14.5 Å². The summed E-state index contributed by atoms with van der Waals surface area (Å²) < 4.78 is 30.5. The zero-order chi connectivity index (χ0) is 25.6. The highest BCUT2D eigenvalue weighted by molar-refractivity contribution is 6.14. The van der Waals surface area contributed by atoms with Gasteiger partial charge in [0.25, 0.3) is 5.91 Å². The normalized spacial score (nSPS) is 20.0. The van der Waals surface area contributed by atoms with E-state index in [-0.39, 0.29) is 42.0 Å². The van der Waals surface area contributed by atoms with Crippen LogP contribution in [0.5, 0.6) is 0 Å². The van der Waals surface area contributed by atoms with E-state index in [0.29, 0.717) is 10.9 Å². The van der Waals surface area contributed by atoms with Gasteiger partial charge in [0.1, 0.15) is 22.9 Å². The Kier molecular flexibility index (Phi) is 6.02. The largest absolute Gasteiger partial charge is 0.351 e. The number of nitrogens with one attached hydrogen (secondary N) is 2. The minimum absolute atomic E-state index is 0.0200. The van der Waals surface area contributed by atoms with Crippen molar-refractivity contribution in [2.75, 3.05) is 5.32 Å². The molecular weight excluding hydrogens is 466 g/mol. The zero-order valence-corrected chi connectivity index (χ0v) is 20.2. The van der Waals surface area contributed by atoms with Gasteiger partial charge in [-0.25, -0.2) is 8.78 Å². The molecule has 3 aromatic rings. The molecular formula is C27H28F2N4O3. The van der Waals surface area contributed by atoms with Crippen LogP contribution in [-0.4, -0.2) is 38.8 Å². The monoisotopic (exact) mass is 494 g/mol. The van der Waals surface area contributed by atoms with E-state index < -0.39 is 29.0 Å². The van der Waals surface area contributed by atoms with Crippen molar-refractivity contribution in [1.29, 1.82) is 0 Å². The van der Waals surface area contributed by atoms with Crippen molar-refractivity contribution in [1.82, 2.24) is 14.8 Å². The summed E-state index contributed by atoms with van der Waals surface area (Å²) >= 11 is 0. The Morgan fingerprint density at radius 1 is 1.11 bits per heavy atom. The van der Waals surface area contributed by atoms with E-state index in [2.05, 4.69) is 10.6 Å². The molecule has 1 fully saturated rings. The fraction of sp³-hybridized carbons (Fsp3) is 0.370. The number of hydrogen-bond acceptors (Lipinski definition) is 3. The maximum atomic E-state index is 14.7. The average molecular weight is 495 g/mol. The third kappa shape index (κ3) is 4.02. The second-order valence-corrected chi connectivity index (χ2v) is 9.86. The second kappa shape index (κ2) is 9.04. The molecule has 0 bridgehead atoms. The summed E-state index contributed by atoms with van der Waals surface area (Å²) in [4.78, 5) is 41.2. The Balaban J connectivity index is 1.67. The number of carbonyl (C=O) groups is 3. The van der Waals surface area contributed by atoms with E-state index in [1.54, 1.807) is 29.7 Å². The summed E-state index contributed by atoms with van der Waals surface area (Å²) in [7, 11) is 0. The predicted octanol–water partition coefficient (Wildman–Crippen LogP) is 4.35. The molecule has 7 nitrogen and oxygen atoms in total. The van der Waals surface area contributed by atoms with Gasteiger partial charge in [0.2, 0.25) is 11.8 Å². The smallest absolute Gasteiger partial charge is 0.273 e. The first-order chi connectivity index (χ1) is 17.2. The van der Waals surface area contributed by atoms with Crippen LogP contribution < -0.4 is 10.6 Å². The predicted molar refractivity (Wildman–Crippen MR) is 131 cm³/mol. The van der Waals surface area contributed by atoms with E-state index in [1.165, 1.54) is 36.1 Å². The quantitative estimate of drug-likeness (QED) is 0.553. The number of carbonyl (C=O) groups excluding carboxylic acids is 3. The molecule has 36 heavy (non-hydrogen) atoms. The third-order valence-corrected chi connectivity index (χ3v) is 7.30. The number of aromatic nitrogens is 1. The third-order valence-electron chi connectivity index (χ3n) is 7.30. The number of hydrogen-bond donors (Lipinski definition) is 2. The van der Waals surface area contributed by atoms with Crippen molar-refractivity contribution in [3.8, 4) is 0 Å². The summed E-state index contributed by atoms with van der Waals surface area (Å²) in [5, 5.41) is 6.13. The molecule has 0 saturated heterocycles. The lowest BCUT2D eigenvalue weighted by molar-refractivity contribution is -0.133. The van der Waals surface area contributed by atoms with E-state index in [4.69, 9.17) is 0 Å². The highest BCUT2D eigenvalue weighted by atomic mass is 19.1. The van der Waals surface area contributed by atoms with Crippen molar-refractivity contribution >= 4 is 34.3 Å². The highest BCUT2D eigenvalue weighted by Gasteiger charge is 2.49. The van der Waals surface area contributed by atoms with Gasteiger partial charge in [-0.1, -0.05) is 31.0 Å². The molecule has 2 aromatic carbocycles. The van der Waals surface area contributed by atoms with Gasteiger partial charge in [-0.2, -0.15) is 0 Å². The summed E-state index contributed by atoms with van der Waals surface area (Å²) in [6.45, 7) is 2.89. The Labute approximate surface area is 207 Å². The fourth-order valence-corrected chi connectivity index (χ4v) is 5.41. The number of benzene rings is 2. The van der Waals surface area contributed by atoms with Crippen LogP contribution in [0.2, 0.25) is 0 Å². The zero-order valence-electron chi connectivity index (χ0n) is 20.2. The Morgan fingerprint density at radius 2 is 1.83 bits per heavy atom. The van der Waals surface area contributed by atoms with E-state index >= 15 is 0 Å². The van der Waals surface area contributed by atoms with Gasteiger partial charge in [0.15, 0.2) is 0 Å². The van der Waals surface area contributed by atoms with Crippen molar-refractivity contribution in [2.45, 2.75) is 64.2 Å². The fourth-order valence-electron chi connectivity index (χ4n) is 5.41. The van der Waals surface area contributed by atoms with Gasteiger partial charge in [-0.3, -0.25) is 14.4 Å². The molecule has 1 aromatic heterocycles. The lowest BCUT2D eigenvalue weighted by atomic mass is 9.93. The number of rotatable bonds is 5. The first kappa shape index (κ1) is 24.0. The molecule has 2 heterocycles. The van der Waals surface area contributed by atoms with Crippen molar-refractivity contribution in [3.05, 3.63) is 65.4 Å². The topological polar surface area (TPSA) is 83.4 Å². The van der Waals surface area contributed by atoms with E-state index in [1.807, 2.05) is 0 Å². The van der Waals surface area contributed by atoms with Crippen LogP contribution in [0.15, 0.2) is 42.5 Å². The van der Waals surface area contributed by atoms with Crippen LogP contribution in [0, 0.1) is 11.6 Å². The minimum Gasteiger partial charge on any atom is -0.351 e. The lowest BCUT2D eigenvalue weighted by Crippen LogP contribution is -2.64. The van der Waals surface area contributed by atoms with Crippen molar-refractivity contribution in [2.24, 2.45) is 0 Å². The average Bonchev–Trinajstić information content (AvgIpc) is 3.44. The Morgan fingerprint density at radius 3 is 2.53 bits per heavy atom. The molecule has 3 amide bonds. The van der Waals surface area contributed by atoms with Crippen LogP contribution in [0.1, 0.15) is 55.6 Å². The van der Waals surface area contributed by atoms with Crippen LogP contribution in [0.25, 0.3) is 10.9 Å². The van der Waals surface area contributed by atoms with Gasteiger partial charge in [0.05, 0.1) is 24.3 Å².